The van der Waals surface area contributed by atoms with Crippen LogP contribution in [0, 0.1) is 0 Å². The van der Waals surface area contributed by atoms with Gasteiger partial charge in [0, 0.05) is 5.92 Å². The first kappa shape index (κ1) is 11.7. The van der Waals surface area contributed by atoms with Crippen LogP contribution in [0.3, 0.4) is 0 Å². The molecule has 0 amide bonds. The maximum atomic E-state index is 11.0. The summed E-state index contributed by atoms with van der Waals surface area (Å²) < 4.78 is 1.67. The van der Waals surface area contributed by atoms with E-state index in [1.165, 1.54) is 0 Å². The number of aromatic nitrogens is 3. The molecule has 1 saturated carbocycles. The highest BCUT2D eigenvalue weighted by Crippen LogP contribution is 2.41. The lowest BCUT2D eigenvalue weighted by atomic mass is 10.2. The quantitative estimate of drug-likeness (QED) is 0.812. The van der Waals surface area contributed by atoms with E-state index in [4.69, 9.17) is 23.2 Å². The third kappa shape index (κ3) is 1.91. The molecule has 1 aromatic heterocycles. The van der Waals surface area contributed by atoms with Gasteiger partial charge in [-0.1, -0.05) is 28.4 Å². The molecule has 0 spiro atoms. The number of rotatable bonds is 3. The first-order valence-corrected chi connectivity index (χ1v) is 6.32. The standard InChI is InChI=1S/C12H9Cl2N3O/c13-9-4-3-8(5-10(9)14)17-12(7-1-2-7)11(6-18)15-16-17/h3-7H,1-2H2. The first-order valence-electron chi connectivity index (χ1n) is 5.57. The van der Waals surface area contributed by atoms with E-state index < -0.39 is 0 Å². The fourth-order valence-electron chi connectivity index (χ4n) is 1.93. The number of carbonyl (C=O) groups excluding carboxylic acids is 1. The highest BCUT2D eigenvalue weighted by molar-refractivity contribution is 6.42. The number of nitrogens with zero attached hydrogens (tertiary/aromatic N) is 3. The summed E-state index contributed by atoms with van der Waals surface area (Å²) in [5.41, 5.74) is 2.04. The van der Waals surface area contributed by atoms with Crippen LogP contribution < -0.4 is 0 Å². The van der Waals surface area contributed by atoms with E-state index in [0.717, 1.165) is 30.5 Å². The van der Waals surface area contributed by atoms with Gasteiger partial charge in [0.2, 0.25) is 0 Å². The predicted octanol–water partition coefficient (Wildman–Crippen LogP) is 3.26. The molecule has 0 saturated heterocycles. The van der Waals surface area contributed by atoms with E-state index in [2.05, 4.69) is 10.3 Å². The topological polar surface area (TPSA) is 47.8 Å². The largest absolute Gasteiger partial charge is 0.296 e. The minimum Gasteiger partial charge on any atom is -0.296 e. The van der Waals surface area contributed by atoms with E-state index in [0.29, 0.717) is 21.7 Å². The lowest BCUT2D eigenvalue weighted by Gasteiger charge is -2.06. The first-order chi connectivity index (χ1) is 8.70. The Morgan fingerprint density at radius 1 is 1.28 bits per heavy atom. The van der Waals surface area contributed by atoms with Crippen molar-refractivity contribution in [2.45, 2.75) is 18.8 Å². The van der Waals surface area contributed by atoms with Crippen molar-refractivity contribution in [1.29, 1.82) is 0 Å². The molecular formula is C12H9Cl2N3O. The molecule has 1 aliphatic rings. The maximum Gasteiger partial charge on any atom is 0.172 e. The molecule has 0 atom stereocenters. The van der Waals surface area contributed by atoms with Gasteiger partial charge in [0.05, 0.1) is 21.4 Å². The van der Waals surface area contributed by atoms with Crippen LogP contribution in [0.25, 0.3) is 5.69 Å². The van der Waals surface area contributed by atoms with Gasteiger partial charge in [0.15, 0.2) is 6.29 Å². The van der Waals surface area contributed by atoms with Gasteiger partial charge in [-0.2, -0.15) is 0 Å². The van der Waals surface area contributed by atoms with Gasteiger partial charge < -0.3 is 0 Å². The summed E-state index contributed by atoms with van der Waals surface area (Å²) in [5, 5.41) is 8.86. The average molecular weight is 282 g/mol. The highest BCUT2D eigenvalue weighted by Gasteiger charge is 2.31. The van der Waals surface area contributed by atoms with E-state index in [1.807, 2.05) is 6.07 Å². The molecule has 1 aliphatic carbocycles. The Kier molecular flexibility index (Phi) is 2.84. The van der Waals surface area contributed by atoms with Crippen LogP contribution >= 0.6 is 23.2 Å². The van der Waals surface area contributed by atoms with Gasteiger partial charge in [-0.25, -0.2) is 4.68 Å². The highest BCUT2D eigenvalue weighted by atomic mass is 35.5. The fourth-order valence-corrected chi connectivity index (χ4v) is 2.22. The molecule has 0 N–H and O–H groups in total. The van der Waals surface area contributed by atoms with Crippen molar-refractivity contribution in [3.05, 3.63) is 39.6 Å². The van der Waals surface area contributed by atoms with Crippen molar-refractivity contribution in [2.75, 3.05) is 0 Å². The number of aldehydes is 1. The number of hydrogen-bond acceptors (Lipinski definition) is 3. The van der Waals surface area contributed by atoms with Gasteiger partial charge >= 0.3 is 0 Å². The SMILES string of the molecule is O=Cc1nnn(-c2ccc(Cl)c(Cl)c2)c1C1CC1. The van der Waals surface area contributed by atoms with Gasteiger partial charge in [-0.3, -0.25) is 4.79 Å². The zero-order chi connectivity index (χ0) is 12.7. The van der Waals surface area contributed by atoms with E-state index in [9.17, 15) is 4.79 Å². The molecule has 6 heteroatoms. The Morgan fingerprint density at radius 3 is 2.67 bits per heavy atom. The number of hydrogen-bond donors (Lipinski definition) is 0. The maximum absolute atomic E-state index is 11.0. The second-order valence-electron chi connectivity index (χ2n) is 4.26. The van der Waals surface area contributed by atoms with Gasteiger partial charge in [0.25, 0.3) is 0 Å². The van der Waals surface area contributed by atoms with Crippen LogP contribution in [0.5, 0.6) is 0 Å². The van der Waals surface area contributed by atoms with Crippen LogP contribution in [0.15, 0.2) is 18.2 Å². The minimum atomic E-state index is 0.370. The zero-order valence-electron chi connectivity index (χ0n) is 9.31. The van der Waals surface area contributed by atoms with Crippen LogP contribution in [0.4, 0.5) is 0 Å². The summed E-state index contributed by atoms with van der Waals surface area (Å²) >= 11 is 11.9. The molecule has 92 valence electrons. The average Bonchev–Trinajstić information content (AvgIpc) is 3.12. The van der Waals surface area contributed by atoms with E-state index in [1.54, 1.807) is 16.8 Å². The summed E-state index contributed by atoms with van der Waals surface area (Å²) in [5.74, 6) is 0.370. The molecule has 1 aromatic carbocycles. The molecule has 18 heavy (non-hydrogen) atoms. The normalized spacial score (nSPS) is 14.8. The second kappa shape index (κ2) is 4.37. The Morgan fingerprint density at radius 2 is 2.06 bits per heavy atom. The molecule has 1 heterocycles. The third-order valence-corrected chi connectivity index (χ3v) is 3.69. The number of carbonyl (C=O) groups is 1. The van der Waals surface area contributed by atoms with Crippen molar-refractivity contribution in [3.8, 4) is 5.69 Å². The monoisotopic (exact) mass is 281 g/mol. The van der Waals surface area contributed by atoms with Crippen LogP contribution in [0.1, 0.15) is 34.9 Å². The lowest BCUT2D eigenvalue weighted by molar-refractivity contribution is 0.111. The Balaban J connectivity index is 2.13. The fraction of sp³-hybridized carbons (Fsp3) is 0.250. The molecule has 0 unspecified atom stereocenters. The van der Waals surface area contributed by atoms with Crippen LogP contribution in [-0.2, 0) is 0 Å². The van der Waals surface area contributed by atoms with Gasteiger partial charge in [-0.15, -0.1) is 5.10 Å². The third-order valence-electron chi connectivity index (χ3n) is 2.96. The Hall–Kier alpha value is -1.39. The Labute approximate surface area is 114 Å². The smallest absolute Gasteiger partial charge is 0.172 e. The molecule has 0 bridgehead atoms. The summed E-state index contributed by atoms with van der Waals surface area (Å²) in [7, 11) is 0. The Bertz CT molecular complexity index is 620. The van der Waals surface area contributed by atoms with Crippen molar-refractivity contribution in [1.82, 2.24) is 15.0 Å². The summed E-state index contributed by atoms with van der Waals surface area (Å²) in [4.78, 5) is 11.0. The van der Waals surface area contributed by atoms with Gasteiger partial charge in [-0.05, 0) is 31.0 Å². The molecule has 1 fully saturated rings. The molecule has 2 aromatic rings. The zero-order valence-corrected chi connectivity index (χ0v) is 10.8. The molecule has 0 aliphatic heterocycles. The van der Waals surface area contributed by atoms with Gasteiger partial charge in [0.1, 0.15) is 5.69 Å². The molecule has 4 nitrogen and oxygen atoms in total. The number of halogens is 2. The summed E-state index contributed by atoms with van der Waals surface area (Å²) in [6.45, 7) is 0. The molecular weight excluding hydrogens is 273 g/mol. The summed E-state index contributed by atoms with van der Waals surface area (Å²) in [6, 6.07) is 5.24. The number of benzene rings is 1. The minimum absolute atomic E-state index is 0.370. The molecule has 3 rings (SSSR count). The lowest BCUT2D eigenvalue weighted by Crippen LogP contribution is -2.02. The van der Waals surface area contributed by atoms with Crippen molar-refractivity contribution >= 4 is 29.5 Å². The van der Waals surface area contributed by atoms with E-state index >= 15 is 0 Å². The van der Waals surface area contributed by atoms with Crippen molar-refractivity contribution in [2.24, 2.45) is 0 Å². The molecule has 0 radical (unpaired) electrons. The van der Waals surface area contributed by atoms with Crippen LogP contribution in [-0.4, -0.2) is 21.3 Å². The van der Waals surface area contributed by atoms with E-state index in [-0.39, 0.29) is 0 Å². The van der Waals surface area contributed by atoms with Crippen molar-refractivity contribution in [3.63, 3.8) is 0 Å². The predicted molar refractivity (Wildman–Crippen MR) is 68.7 cm³/mol. The van der Waals surface area contributed by atoms with Crippen molar-refractivity contribution < 1.29 is 4.79 Å². The van der Waals surface area contributed by atoms with Crippen LogP contribution in [0.2, 0.25) is 10.0 Å². The second-order valence-corrected chi connectivity index (χ2v) is 5.08. The summed E-state index contributed by atoms with van der Waals surface area (Å²) in [6.07, 6.45) is 2.87.